The number of thiophene rings is 1. The Bertz CT molecular complexity index is 1450. The Kier molecular flexibility index (Phi) is 6.11. The van der Waals surface area contributed by atoms with Gasteiger partial charge in [-0.25, -0.2) is 4.68 Å². The Morgan fingerprint density at radius 3 is 2.64 bits per heavy atom. The summed E-state index contributed by atoms with van der Waals surface area (Å²) in [5.74, 6) is -0.268. The number of nitrogens with zero attached hydrogens (tertiary/aromatic N) is 2. The van der Waals surface area contributed by atoms with Crippen LogP contribution >= 0.6 is 46.1 Å². The minimum Gasteiger partial charge on any atom is -0.394 e. The molecule has 1 amide bonds. The van der Waals surface area contributed by atoms with Crippen LogP contribution in [0.1, 0.15) is 26.6 Å². The van der Waals surface area contributed by atoms with E-state index in [0.29, 0.717) is 32.2 Å². The molecule has 1 saturated carbocycles. The largest absolute Gasteiger partial charge is 0.394 e. The maximum Gasteiger partial charge on any atom is 0.272 e. The highest BCUT2D eigenvalue weighted by atomic mass is 35.5. The molecule has 2 N–H and O–H groups in total. The lowest BCUT2D eigenvalue weighted by molar-refractivity contribution is 0.0885. The summed E-state index contributed by atoms with van der Waals surface area (Å²) in [7, 11) is 0. The molecular weight excluding hydrogens is 541 g/mol. The van der Waals surface area contributed by atoms with E-state index in [1.54, 1.807) is 22.9 Å². The van der Waals surface area contributed by atoms with Crippen molar-refractivity contribution in [2.75, 3.05) is 13.2 Å². The first-order valence-corrected chi connectivity index (χ1v) is 13.3. The van der Waals surface area contributed by atoms with Crippen LogP contribution in [-0.4, -0.2) is 39.5 Å². The minimum absolute atomic E-state index is 0.0513. The number of amides is 1. The van der Waals surface area contributed by atoms with Crippen molar-refractivity contribution in [3.8, 4) is 5.69 Å². The summed E-state index contributed by atoms with van der Waals surface area (Å²) in [6.07, 6.45) is 9.88. The van der Waals surface area contributed by atoms with E-state index in [1.807, 2.05) is 42.5 Å². The van der Waals surface area contributed by atoms with Crippen molar-refractivity contribution in [1.82, 2.24) is 15.1 Å². The Morgan fingerprint density at radius 1 is 1.19 bits per heavy atom. The molecule has 0 radical (unpaired) electrons. The fourth-order valence-corrected chi connectivity index (χ4v) is 6.60. The van der Waals surface area contributed by atoms with Gasteiger partial charge in [-0.05, 0) is 36.4 Å². The third kappa shape index (κ3) is 3.95. The van der Waals surface area contributed by atoms with Crippen LogP contribution in [0.4, 0.5) is 0 Å². The first-order chi connectivity index (χ1) is 17.4. The van der Waals surface area contributed by atoms with Gasteiger partial charge in [0.05, 0.1) is 46.1 Å². The zero-order valence-electron chi connectivity index (χ0n) is 18.7. The number of aliphatic hydroxyl groups excluding tert-OH is 1. The lowest BCUT2D eigenvalue weighted by Crippen LogP contribution is -2.43. The average Bonchev–Trinajstić information content (AvgIpc) is 3.11. The molecular formula is C26H20Cl3N3O3S. The molecule has 1 fully saturated rings. The number of aliphatic hydroxyl groups is 1. The third-order valence-corrected chi connectivity index (χ3v) is 8.59. The molecule has 2 atom stereocenters. The van der Waals surface area contributed by atoms with Crippen molar-refractivity contribution in [2.24, 2.45) is 11.8 Å². The second kappa shape index (κ2) is 9.17. The Morgan fingerprint density at radius 2 is 1.97 bits per heavy atom. The number of benzene rings is 1. The minimum atomic E-state index is -0.739. The predicted octanol–water partition coefficient (Wildman–Crippen LogP) is 5.80. The monoisotopic (exact) mass is 559 g/mol. The lowest BCUT2D eigenvalue weighted by atomic mass is 10.0. The van der Waals surface area contributed by atoms with E-state index in [0.717, 1.165) is 16.1 Å². The highest BCUT2D eigenvalue weighted by Gasteiger charge is 2.63. The zero-order valence-corrected chi connectivity index (χ0v) is 21.8. The van der Waals surface area contributed by atoms with Crippen molar-refractivity contribution in [1.29, 1.82) is 0 Å². The fourth-order valence-electron chi connectivity index (χ4n) is 5.08. The number of allylic oxidation sites excluding steroid dienone is 2. The van der Waals surface area contributed by atoms with Gasteiger partial charge < -0.3 is 15.2 Å². The van der Waals surface area contributed by atoms with Crippen LogP contribution in [0, 0.1) is 11.8 Å². The number of ether oxygens (including phenoxy) is 1. The normalized spacial score (nSPS) is 25.1. The van der Waals surface area contributed by atoms with Gasteiger partial charge in [-0.2, -0.15) is 5.10 Å². The van der Waals surface area contributed by atoms with Crippen LogP contribution < -0.4 is 5.32 Å². The van der Waals surface area contributed by atoms with Gasteiger partial charge in [-0.1, -0.05) is 59.1 Å². The Balaban J connectivity index is 1.46. The smallest absolute Gasteiger partial charge is 0.272 e. The zero-order chi connectivity index (χ0) is 25.0. The summed E-state index contributed by atoms with van der Waals surface area (Å²) in [6, 6.07) is 8.91. The molecule has 2 aliphatic carbocycles. The van der Waals surface area contributed by atoms with Crippen LogP contribution in [-0.2, 0) is 11.3 Å². The van der Waals surface area contributed by atoms with Gasteiger partial charge in [0.2, 0.25) is 0 Å². The summed E-state index contributed by atoms with van der Waals surface area (Å²) in [5.41, 5.74) is 2.33. The van der Waals surface area contributed by atoms with Gasteiger partial charge in [0.1, 0.15) is 0 Å². The number of carbonyl (C=O) groups is 1. The molecule has 184 valence electrons. The van der Waals surface area contributed by atoms with Crippen LogP contribution in [0.25, 0.3) is 17.3 Å². The molecule has 3 heterocycles. The van der Waals surface area contributed by atoms with Gasteiger partial charge in [0.15, 0.2) is 5.69 Å². The van der Waals surface area contributed by atoms with Gasteiger partial charge in [0.25, 0.3) is 5.91 Å². The summed E-state index contributed by atoms with van der Waals surface area (Å²) >= 11 is 20.3. The molecule has 3 aromatic rings. The van der Waals surface area contributed by atoms with Crippen molar-refractivity contribution >= 4 is 63.7 Å². The van der Waals surface area contributed by atoms with Crippen molar-refractivity contribution < 1.29 is 14.6 Å². The number of halogens is 3. The Hall–Kier alpha value is -2.39. The number of rotatable bonds is 5. The lowest BCUT2D eigenvalue weighted by Gasteiger charge is -2.20. The van der Waals surface area contributed by atoms with Crippen LogP contribution in [0.2, 0.25) is 14.4 Å². The standard InChI is InChI=1S/C26H20Cl3N3O3S/c27-15-5-7-21(20(28)10-15)32-24-14(9-16-6-8-22(29)36-16)11-35-12-17(24)23(31-32)25(34)30-26(13-33)18-3-1-2-4-19(18)26/h1-10,18-19,33H,11-13H2,(H,30,34)/b14-9+. The second-order valence-electron chi connectivity index (χ2n) is 8.96. The highest BCUT2D eigenvalue weighted by molar-refractivity contribution is 7.17. The number of carbonyl (C=O) groups excluding carboxylic acids is 1. The van der Waals surface area contributed by atoms with Gasteiger partial charge in [0, 0.05) is 32.9 Å². The number of aromatic nitrogens is 2. The topological polar surface area (TPSA) is 76.4 Å². The molecule has 1 aromatic carbocycles. The van der Waals surface area contributed by atoms with E-state index in [2.05, 4.69) is 5.32 Å². The Labute approximate surface area is 226 Å². The van der Waals surface area contributed by atoms with E-state index in [-0.39, 0.29) is 36.7 Å². The van der Waals surface area contributed by atoms with Crippen molar-refractivity contribution in [3.63, 3.8) is 0 Å². The number of fused-ring (bicyclic) bond motifs is 2. The van der Waals surface area contributed by atoms with Crippen LogP contribution in [0.3, 0.4) is 0 Å². The number of hydrogen-bond donors (Lipinski definition) is 2. The second-order valence-corrected chi connectivity index (χ2v) is 11.6. The summed E-state index contributed by atoms with van der Waals surface area (Å²) < 4.78 is 8.24. The van der Waals surface area contributed by atoms with Crippen molar-refractivity contribution in [3.05, 3.63) is 90.8 Å². The van der Waals surface area contributed by atoms with E-state index in [1.165, 1.54) is 11.3 Å². The van der Waals surface area contributed by atoms with Crippen LogP contribution in [0.15, 0.2) is 54.6 Å². The molecule has 2 unspecified atom stereocenters. The molecule has 36 heavy (non-hydrogen) atoms. The van der Waals surface area contributed by atoms with Gasteiger partial charge in [-0.3, -0.25) is 4.79 Å². The molecule has 1 aliphatic heterocycles. The SMILES string of the molecule is O=C(NC1(CO)C2C=CC=CC21)c1nn(-c2ccc(Cl)cc2Cl)c2c1COC/C2=C\c1ccc(Cl)s1. The molecule has 2 aromatic heterocycles. The van der Waals surface area contributed by atoms with E-state index in [9.17, 15) is 9.90 Å². The van der Waals surface area contributed by atoms with E-state index in [4.69, 9.17) is 44.6 Å². The van der Waals surface area contributed by atoms with Crippen molar-refractivity contribution in [2.45, 2.75) is 12.1 Å². The molecule has 6 nitrogen and oxygen atoms in total. The molecule has 0 saturated heterocycles. The first kappa shape index (κ1) is 24.0. The summed E-state index contributed by atoms with van der Waals surface area (Å²) in [6.45, 7) is 0.376. The number of nitrogens with one attached hydrogen (secondary N) is 1. The maximum atomic E-state index is 13.6. The summed E-state index contributed by atoms with van der Waals surface area (Å²) in [5, 5.41) is 18.9. The van der Waals surface area contributed by atoms with Crippen LogP contribution in [0.5, 0.6) is 0 Å². The quantitative estimate of drug-likeness (QED) is 0.414. The maximum absolute atomic E-state index is 13.6. The average molecular weight is 561 g/mol. The highest BCUT2D eigenvalue weighted by Crippen LogP contribution is 2.53. The van der Waals surface area contributed by atoms with E-state index < -0.39 is 5.54 Å². The van der Waals surface area contributed by atoms with Gasteiger partial charge in [-0.15, -0.1) is 11.3 Å². The molecule has 6 rings (SSSR count). The number of hydrogen-bond acceptors (Lipinski definition) is 5. The van der Waals surface area contributed by atoms with Gasteiger partial charge >= 0.3 is 0 Å². The first-order valence-electron chi connectivity index (χ1n) is 11.3. The molecule has 0 bridgehead atoms. The van der Waals surface area contributed by atoms with E-state index >= 15 is 0 Å². The molecule has 3 aliphatic rings. The predicted molar refractivity (Wildman–Crippen MR) is 143 cm³/mol. The molecule has 10 heteroatoms. The third-order valence-electron chi connectivity index (χ3n) is 6.88. The fraction of sp³-hybridized carbons (Fsp3) is 0.231. The summed E-state index contributed by atoms with van der Waals surface area (Å²) in [4.78, 5) is 14.6. The molecule has 0 spiro atoms.